The Balaban J connectivity index is 2.99. The molecule has 1 rings (SSSR count). The Morgan fingerprint density at radius 1 is 1.19 bits per heavy atom. The van der Waals surface area contributed by atoms with Gasteiger partial charge in [-0.25, -0.2) is 8.78 Å². The van der Waals surface area contributed by atoms with Gasteiger partial charge in [0.05, 0.1) is 0 Å². The Kier molecular flexibility index (Phi) is 3.16. The maximum atomic E-state index is 12.7. The summed E-state index contributed by atoms with van der Waals surface area (Å²) in [6, 6.07) is 1.02. The first-order valence-electron chi connectivity index (χ1n) is 4.05. The standard InChI is InChI=1S/C9H6F5NO/c10-5-1-4(7(15)3-6(5)11)2-8(16)9(12,13)14/h1,3H,2,15H2. The highest BCUT2D eigenvalue weighted by Crippen LogP contribution is 2.23. The minimum Gasteiger partial charge on any atom is -0.398 e. The van der Waals surface area contributed by atoms with Gasteiger partial charge in [-0.1, -0.05) is 0 Å². The van der Waals surface area contributed by atoms with Crippen molar-refractivity contribution >= 4 is 11.5 Å². The summed E-state index contributed by atoms with van der Waals surface area (Å²) >= 11 is 0. The number of benzene rings is 1. The van der Waals surface area contributed by atoms with E-state index in [1.54, 1.807) is 0 Å². The molecule has 0 saturated heterocycles. The molecule has 0 amide bonds. The fourth-order valence-electron chi connectivity index (χ4n) is 1.03. The molecule has 0 aliphatic heterocycles. The van der Waals surface area contributed by atoms with E-state index in [-0.39, 0.29) is 5.56 Å². The van der Waals surface area contributed by atoms with Crippen LogP contribution in [0, 0.1) is 11.6 Å². The first-order chi connectivity index (χ1) is 7.21. The largest absolute Gasteiger partial charge is 0.450 e. The summed E-state index contributed by atoms with van der Waals surface area (Å²) in [6.45, 7) is 0. The fourth-order valence-corrected chi connectivity index (χ4v) is 1.03. The van der Waals surface area contributed by atoms with Gasteiger partial charge in [-0.2, -0.15) is 13.2 Å². The maximum absolute atomic E-state index is 12.7. The van der Waals surface area contributed by atoms with Crippen LogP contribution in [-0.4, -0.2) is 12.0 Å². The number of carbonyl (C=O) groups excluding carboxylic acids is 1. The third-order valence-corrected chi connectivity index (χ3v) is 1.85. The van der Waals surface area contributed by atoms with Gasteiger partial charge in [0.15, 0.2) is 11.6 Å². The molecule has 0 saturated carbocycles. The number of hydrogen-bond donors (Lipinski definition) is 1. The smallest absolute Gasteiger partial charge is 0.398 e. The molecule has 0 atom stereocenters. The molecule has 88 valence electrons. The monoisotopic (exact) mass is 239 g/mol. The Hall–Kier alpha value is -1.66. The summed E-state index contributed by atoms with van der Waals surface area (Å²) in [5.74, 6) is -4.69. The van der Waals surface area contributed by atoms with Crippen LogP contribution >= 0.6 is 0 Å². The molecular weight excluding hydrogens is 233 g/mol. The molecular formula is C9H6F5NO. The van der Waals surface area contributed by atoms with Gasteiger partial charge in [-0.15, -0.1) is 0 Å². The van der Waals surface area contributed by atoms with Crippen LogP contribution < -0.4 is 5.73 Å². The minimum atomic E-state index is -5.02. The number of hydrogen-bond acceptors (Lipinski definition) is 2. The Morgan fingerprint density at radius 2 is 1.69 bits per heavy atom. The van der Waals surface area contributed by atoms with Crippen molar-refractivity contribution in [3.63, 3.8) is 0 Å². The molecule has 16 heavy (non-hydrogen) atoms. The molecule has 0 fully saturated rings. The van der Waals surface area contributed by atoms with E-state index in [2.05, 4.69) is 0 Å². The summed E-state index contributed by atoms with van der Waals surface area (Å²) in [5.41, 5.74) is 4.38. The molecule has 0 heterocycles. The van der Waals surface area contributed by atoms with Crippen molar-refractivity contribution in [1.82, 2.24) is 0 Å². The summed E-state index contributed by atoms with van der Waals surface area (Å²) in [6.07, 6.45) is -6.12. The normalized spacial score (nSPS) is 11.6. The number of anilines is 1. The van der Waals surface area contributed by atoms with E-state index in [0.717, 1.165) is 0 Å². The van der Waals surface area contributed by atoms with Gasteiger partial charge in [-0.3, -0.25) is 4.79 Å². The fraction of sp³-hybridized carbons (Fsp3) is 0.222. The molecule has 0 bridgehead atoms. The van der Waals surface area contributed by atoms with Crippen LogP contribution in [0.4, 0.5) is 27.6 Å². The highest BCUT2D eigenvalue weighted by atomic mass is 19.4. The summed E-state index contributed by atoms with van der Waals surface area (Å²) in [7, 11) is 0. The van der Waals surface area contributed by atoms with Crippen molar-refractivity contribution in [2.24, 2.45) is 0 Å². The van der Waals surface area contributed by atoms with E-state index < -0.39 is 35.7 Å². The van der Waals surface area contributed by atoms with E-state index in [4.69, 9.17) is 5.73 Å². The van der Waals surface area contributed by atoms with Crippen molar-refractivity contribution in [3.05, 3.63) is 29.3 Å². The van der Waals surface area contributed by atoms with Crippen LogP contribution in [0.2, 0.25) is 0 Å². The molecule has 0 radical (unpaired) electrons. The maximum Gasteiger partial charge on any atom is 0.450 e. The van der Waals surface area contributed by atoms with Crippen molar-refractivity contribution in [2.75, 3.05) is 5.73 Å². The van der Waals surface area contributed by atoms with Crippen LogP contribution in [0.25, 0.3) is 0 Å². The second-order valence-electron chi connectivity index (χ2n) is 3.06. The Bertz CT molecular complexity index is 427. The van der Waals surface area contributed by atoms with Crippen LogP contribution in [0.3, 0.4) is 0 Å². The average Bonchev–Trinajstić information content (AvgIpc) is 2.12. The first-order valence-corrected chi connectivity index (χ1v) is 4.05. The molecule has 2 N–H and O–H groups in total. The van der Waals surface area contributed by atoms with Crippen LogP contribution in [-0.2, 0) is 11.2 Å². The zero-order valence-electron chi connectivity index (χ0n) is 7.74. The molecule has 7 heteroatoms. The van der Waals surface area contributed by atoms with Crippen LogP contribution in [0.5, 0.6) is 0 Å². The van der Waals surface area contributed by atoms with Crippen molar-refractivity contribution in [1.29, 1.82) is 0 Å². The topological polar surface area (TPSA) is 43.1 Å². The van der Waals surface area contributed by atoms with Crippen molar-refractivity contribution in [3.8, 4) is 0 Å². The van der Waals surface area contributed by atoms with Crippen LogP contribution in [0.15, 0.2) is 12.1 Å². The average molecular weight is 239 g/mol. The zero-order valence-corrected chi connectivity index (χ0v) is 7.74. The number of alkyl halides is 3. The first kappa shape index (κ1) is 12.4. The summed E-state index contributed by atoms with van der Waals surface area (Å²) in [4.78, 5) is 10.6. The van der Waals surface area contributed by atoms with Crippen LogP contribution in [0.1, 0.15) is 5.56 Å². The molecule has 0 aliphatic carbocycles. The van der Waals surface area contributed by atoms with E-state index in [0.29, 0.717) is 12.1 Å². The second kappa shape index (κ2) is 4.07. The SMILES string of the molecule is Nc1cc(F)c(F)cc1CC(=O)C(F)(F)F. The highest BCUT2D eigenvalue weighted by Gasteiger charge is 2.38. The number of nitrogens with two attached hydrogens (primary N) is 1. The quantitative estimate of drug-likeness (QED) is 0.635. The third kappa shape index (κ3) is 2.68. The molecule has 0 unspecified atom stereocenters. The van der Waals surface area contributed by atoms with E-state index in [9.17, 15) is 26.7 Å². The molecule has 0 aliphatic rings. The number of nitrogen functional groups attached to an aromatic ring is 1. The number of halogens is 5. The predicted octanol–water partition coefficient (Wildman–Crippen LogP) is 2.22. The minimum absolute atomic E-state index is 0.388. The summed E-state index contributed by atoms with van der Waals surface area (Å²) < 4.78 is 60.9. The molecule has 0 aromatic heterocycles. The highest BCUT2D eigenvalue weighted by molar-refractivity contribution is 5.87. The van der Waals surface area contributed by atoms with E-state index in [1.807, 2.05) is 0 Å². The molecule has 2 nitrogen and oxygen atoms in total. The second-order valence-corrected chi connectivity index (χ2v) is 3.06. The van der Waals surface area contributed by atoms with Gasteiger partial charge in [-0.05, 0) is 11.6 Å². The number of carbonyl (C=O) groups is 1. The third-order valence-electron chi connectivity index (χ3n) is 1.85. The number of ketones is 1. The Labute approximate surface area is 86.9 Å². The number of Topliss-reactive ketones (excluding diaryl/α,β-unsaturated/α-hetero) is 1. The zero-order chi connectivity index (χ0) is 12.5. The Morgan fingerprint density at radius 3 is 2.19 bits per heavy atom. The van der Waals surface area contributed by atoms with Gasteiger partial charge < -0.3 is 5.73 Å². The van der Waals surface area contributed by atoms with Crippen molar-refractivity contribution in [2.45, 2.75) is 12.6 Å². The van der Waals surface area contributed by atoms with Gasteiger partial charge in [0.1, 0.15) is 0 Å². The lowest BCUT2D eigenvalue weighted by atomic mass is 10.1. The predicted molar refractivity (Wildman–Crippen MR) is 45.5 cm³/mol. The molecule has 1 aromatic rings. The summed E-state index contributed by atoms with van der Waals surface area (Å²) in [5, 5.41) is 0. The van der Waals surface area contributed by atoms with E-state index in [1.165, 1.54) is 0 Å². The lowest BCUT2D eigenvalue weighted by Gasteiger charge is -2.08. The molecule has 1 aromatic carbocycles. The number of rotatable bonds is 2. The van der Waals surface area contributed by atoms with Gasteiger partial charge in [0.25, 0.3) is 0 Å². The lowest BCUT2D eigenvalue weighted by Crippen LogP contribution is -2.25. The van der Waals surface area contributed by atoms with E-state index >= 15 is 0 Å². The lowest BCUT2D eigenvalue weighted by molar-refractivity contribution is -0.170. The molecule has 0 spiro atoms. The van der Waals surface area contributed by atoms with Gasteiger partial charge in [0, 0.05) is 18.2 Å². The van der Waals surface area contributed by atoms with Gasteiger partial charge in [0.2, 0.25) is 5.78 Å². The van der Waals surface area contributed by atoms with Crippen molar-refractivity contribution < 1.29 is 26.7 Å². The van der Waals surface area contributed by atoms with Gasteiger partial charge >= 0.3 is 6.18 Å².